The van der Waals surface area contributed by atoms with Gasteiger partial charge in [-0.15, -0.1) is 0 Å². The Labute approximate surface area is 228 Å². The molecule has 0 saturated heterocycles. The molecule has 1 heterocycles. The third kappa shape index (κ3) is 3.88. The van der Waals surface area contributed by atoms with E-state index in [4.69, 9.17) is 17.0 Å². The number of benzene rings is 4. The summed E-state index contributed by atoms with van der Waals surface area (Å²) < 4.78 is 1.42. The van der Waals surface area contributed by atoms with Crippen LogP contribution >= 0.6 is 17.0 Å². The van der Waals surface area contributed by atoms with Gasteiger partial charge < -0.3 is 0 Å². The summed E-state index contributed by atoms with van der Waals surface area (Å²) in [4.78, 5) is 0. The first-order chi connectivity index (χ1) is 17.4. The molecule has 0 N–H and O–H groups in total. The van der Waals surface area contributed by atoms with E-state index >= 15 is 0 Å². The van der Waals surface area contributed by atoms with Gasteiger partial charge in [0.25, 0.3) is 0 Å². The van der Waals surface area contributed by atoms with Crippen LogP contribution in [0.4, 0.5) is 0 Å². The van der Waals surface area contributed by atoms with Crippen LogP contribution < -0.4 is 13.6 Å². The molecule has 0 spiro atoms. The van der Waals surface area contributed by atoms with Gasteiger partial charge in [0.15, 0.2) is 0 Å². The van der Waals surface area contributed by atoms with Crippen LogP contribution in [0.25, 0.3) is 28.3 Å². The Morgan fingerprint density at radius 3 is 2.31 bits per heavy atom. The number of hydrogen-bond acceptors (Lipinski definition) is 0. The summed E-state index contributed by atoms with van der Waals surface area (Å²) in [5.41, 5.74) is 10.9. The van der Waals surface area contributed by atoms with Crippen LogP contribution in [0.2, 0.25) is 0 Å². The Kier molecular flexibility index (Phi) is 6.54. The third-order valence-corrected chi connectivity index (χ3v) is 22.3. The zero-order valence-corrected chi connectivity index (χ0v) is 26.4. The number of hydrogen-bond donors (Lipinski definition) is 0. The van der Waals surface area contributed by atoms with Crippen LogP contribution in [-0.2, 0) is 24.3 Å². The molecular weight excluding hydrogens is 575 g/mol. The van der Waals surface area contributed by atoms with Gasteiger partial charge >= 0.3 is 230 Å². The molecule has 0 fully saturated rings. The van der Waals surface area contributed by atoms with E-state index in [-0.39, 0.29) is 3.63 Å². The van der Waals surface area contributed by atoms with Crippen molar-refractivity contribution in [2.24, 2.45) is 5.92 Å². The molecule has 1 aliphatic heterocycles. The van der Waals surface area contributed by atoms with Crippen molar-refractivity contribution in [3.05, 3.63) is 107 Å². The van der Waals surface area contributed by atoms with Crippen molar-refractivity contribution in [1.82, 2.24) is 0 Å². The number of rotatable bonds is 5. The molecule has 1 aliphatic carbocycles. The normalized spacial score (nSPS) is 16.7. The maximum atomic E-state index is 7.79. The molecule has 1 unspecified atom stereocenters. The second kappa shape index (κ2) is 9.55. The van der Waals surface area contributed by atoms with Gasteiger partial charge in [-0.05, 0) is 0 Å². The third-order valence-electron chi connectivity index (χ3n) is 8.00. The molecule has 2 aliphatic rings. The van der Waals surface area contributed by atoms with E-state index in [1.54, 1.807) is 0 Å². The molecule has 0 saturated carbocycles. The molecule has 180 valence electrons. The fourth-order valence-electron chi connectivity index (χ4n) is 6.29. The first-order valence-electron chi connectivity index (χ1n) is 12.9. The van der Waals surface area contributed by atoms with E-state index in [9.17, 15) is 0 Å². The van der Waals surface area contributed by atoms with E-state index in [1.165, 1.54) is 58.2 Å². The number of halogens is 2. The molecule has 0 radical (unpaired) electrons. The molecule has 0 aromatic heterocycles. The van der Waals surface area contributed by atoms with Gasteiger partial charge in [-0.2, -0.15) is 0 Å². The van der Waals surface area contributed by atoms with Gasteiger partial charge in [0.2, 0.25) is 0 Å². The molecule has 36 heavy (non-hydrogen) atoms. The number of aryl methyl sites for hydroxylation is 1. The second-order valence-corrected chi connectivity index (χ2v) is 26.2. The van der Waals surface area contributed by atoms with E-state index < -0.39 is 27.4 Å². The van der Waals surface area contributed by atoms with Crippen LogP contribution in [0, 0.1) is 5.92 Å². The van der Waals surface area contributed by atoms with Crippen molar-refractivity contribution in [2.75, 3.05) is 0 Å². The molecule has 4 aromatic rings. The zero-order chi connectivity index (χ0) is 25.0. The second-order valence-electron chi connectivity index (χ2n) is 10.3. The predicted molar refractivity (Wildman–Crippen MR) is 158 cm³/mol. The van der Waals surface area contributed by atoms with Crippen molar-refractivity contribution in [3.63, 3.8) is 0 Å². The van der Waals surface area contributed by atoms with Crippen molar-refractivity contribution >= 4 is 46.3 Å². The first-order valence-corrected chi connectivity index (χ1v) is 23.3. The average molecular weight is 605 g/mol. The van der Waals surface area contributed by atoms with Crippen LogP contribution in [0.5, 0.6) is 0 Å². The molecule has 4 heteroatoms. The van der Waals surface area contributed by atoms with Gasteiger partial charge in [0.1, 0.15) is 0 Å². The summed E-state index contributed by atoms with van der Waals surface area (Å²) in [5.74, 6) is 0.385. The van der Waals surface area contributed by atoms with E-state index in [0.717, 1.165) is 6.42 Å². The average Bonchev–Trinajstić information content (AvgIpc) is 3.48. The van der Waals surface area contributed by atoms with Crippen LogP contribution in [0.1, 0.15) is 41.1 Å². The standard InChI is InChI=1S/C20H21.C12H9Si.2ClH.Zr/c1-4-15-10-11-17-12-18(14(2)3)13-19(17)20(15)16-8-6-5-7-9-16;1-3-7-11-9(5-1)10-6-2-4-8-12(10)13-11;;;/h5-14H,4H2,1-3H3;1-7H,13H2;2*1H;/q;;;;+2/p-2. The molecule has 0 bridgehead atoms. The minimum absolute atomic E-state index is 0.121. The summed E-state index contributed by atoms with van der Waals surface area (Å²) in [6.45, 7) is 6.84. The van der Waals surface area contributed by atoms with Crippen molar-refractivity contribution in [2.45, 2.75) is 30.8 Å². The summed E-state index contributed by atoms with van der Waals surface area (Å²) >= 11 is -3.94. The van der Waals surface area contributed by atoms with Crippen LogP contribution in [0.3, 0.4) is 0 Å². The van der Waals surface area contributed by atoms with Gasteiger partial charge in [-0.25, -0.2) is 0 Å². The summed E-state index contributed by atoms with van der Waals surface area (Å²) in [6, 6.07) is 31.1. The molecule has 0 nitrogen and oxygen atoms in total. The molecule has 4 aromatic carbocycles. The van der Waals surface area contributed by atoms with E-state index in [0.29, 0.717) is 5.92 Å². The fourth-order valence-corrected chi connectivity index (χ4v) is 23.3. The van der Waals surface area contributed by atoms with Crippen molar-refractivity contribution < 1.29 is 17.9 Å². The minimum atomic E-state index is -3.94. The molecule has 6 rings (SSSR count). The SMILES string of the molecule is CCc1ccc2c(c1-c1ccccc1)C=C(C(C)C)[CH]2[Zr]([Cl])([Cl])[c]1cccc2c1[SiH2]c1ccccc1-2. The van der Waals surface area contributed by atoms with Crippen LogP contribution in [-0.4, -0.2) is 9.52 Å². The molecule has 0 amide bonds. The topological polar surface area (TPSA) is 0 Å². The predicted octanol–water partition coefficient (Wildman–Crippen LogP) is 6.90. The zero-order valence-electron chi connectivity index (χ0n) is 21.0. The van der Waals surface area contributed by atoms with Gasteiger partial charge in [0, 0.05) is 0 Å². The molecule has 1 atom stereocenters. The van der Waals surface area contributed by atoms with Crippen LogP contribution in [0.15, 0.2) is 90.5 Å². The van der Waals surface area contributed by atoms with Gasteiger partial charge in [-0.3, -0.25) is 0 Å². The quantitative estimate of drug-likeness (QED) is 0.192. The van der Waals surface area contributed by atoms with Gasteiger partial charge in [0.05, 0.1) is 0 Å². The summed E-state index contributed by atoms with van der Waals surface area (Å²) in [7, 11) is 15.0. The summed E-state index contributed by atoms with van der Waals surface area (Å²) in [6.07, 6.45) is 3.44. The van der Waals surface area contributed by atoms with E-state index in [2.05, 4.69) is 112 Å². The number of fused-ring (bicyclic) bond motifs is 4. The van der Waals surface area contributed by atoms with E-state index in [1.807, 2.05) is 0 Å². The first kappa shape index (κ1) is 24.6. The Morgan fingerprint density at radius 2 is 1.56 bits per heavy atom. The van der Waals surface area contributed by atoms with Crippen molar-refractivity contribution in [1.29, 1.82) is 0 Å². The Morgan fingerprint density at radius 1 is 0.833 bits per heavy atom. The Bertz CT molecular complexity index is 1500. The molecular formula is C32H30Cl2SiZr. The number of allylic oxidation sites excluding steroid dienone is 1. The Balaban J connectivity index is 1.55. The summed E-state index contributed by atoms with van der Waals surface area (Å²) in [5, 5.41) is 3.00. The van der Waals surface area contributed by atoms with Gasteiger partial charge in [-0.1, -0.05) is 0 Å². The van der Waals surface area contributed by atoms with Crippen molar-refractivity contribution in [3.8, 4) is 22.3 Å². The Hall–Kier alpha value is -1.70. The maximum absolute atomic E-state index is 7.79. The fraction of sp³-hybridized carbons (Fsp3) is 0.188. The monoisotopic (exact) mass is 602 g/mol.